The van der Waals surface area contributed by atoms with Crippen LogP contribution in [0.1, 0.15) is 36.5 Å². The zero-order chi connectivity index (χ0) is 15.9. The first-order valence-corrected chi connectivity index (χ1v) is 7.72. The molecular weight excluding hydrogens is 272 g/mol. The zero-order valence-corrected chi connectivity index (χ0v) is 13.3. The Kier molecular flexibility index (Phi) is 5.73. The second-order valence-corrected chi connectivity index (χ2v) is 5.91. The lowest BCUT2D eigenvalue weighted by Crippen LogP contribution is -2.41. The molecule has 0 aliphatic heterocycles. The average Bonchev–Trinajstić information content (AvgIpc) is 2.53. The lowest BCUT2D eigenvalue weighted by atomic mass is 10.0. The van der Waals surface area contributed by atoms with Gasteiger partial charge in [0.2, 0.25) is 5.91 Å². The average molecular weight is 296 g/mol. The van der Waals surface area contributed by atoms with Gasteiger partial charge in [-0.15, -0.1) is 0 Å². The fourth-order valence-electron chi connectivity index (χ4n) is 2.30. The molecule has 1 atom stereocenters. The molecule has 0 aliphatic rings. The second kappa shape index (κ2) is 7.76. The topological polar surface area (TPSA) is 55.1 Å². The maximum absolute atomic E-state index is 12.1. The summed E-state index contributed by atoms with van der Waals surface area (Å²) in [5, 5.41) is 2.90. The Morgan fingerprint density at radius 1 is 1.00 bits per heavy atom. The molecule has 116 valence electrons. The molecule has 0 radical (unpaired) electrons. The summed E-state index contributed by atoms with van der Waals surface area (Å²) < 4.78 is 0. The number of benzene rings is 2. The summed E-state index contributed by atoms with van der Waals surface area (Å²) in [4.78, 5) is 12.1. The molecule has 1 amide bonds. The van der Waals surface area contributed by atoms with Crippen molar-refractivity contribution in [2.45, 2.75) is 38.8 Å². The molecule has 0 spiro atoms. The fraction of sp³-hybridized carbons (Fsp3) is 0.316. The van der Waals surface area contributed by atoms with Crippen molar-refractivity contribution in [2.75, 3.05) is 0 Å². The van der Waals surface area contributed by atoms with Crippen LogP contribution >= 0.6 is 0 Å². The Morgan fingerprint density at radius 3 is 2.23 bits per heavy atom. The number of hydrogen-bond acceptors (Lipinski definition) is 2. The Hall–Kier alpha value is -2.13. The summed E-state index contributed by atoms with van der Waals surface area (Å²) in [5.41, 5.74) is 9.43. The summed E-state index contributed by atoms with van der Waals surface area (Å²) in [6.45, 7) is 4.85. The van der Waals surface area contributed by atoms with Crippen LogP contribution in [0.4, 0.5) is 0 Å². The maximum atomic E-state index is 12.1. The fourth-order valence-corrected chi connectivity index (χ4v) is 2.30. The van der Waals surface area contributed by atoms with E-state index in [1.165, 1.54) is 5.56 Å². The molecule has 1 unspecified atom stereocenters. The number of nitrogens with two attached hydrogens (primary N) is 1. The van der Waals surface area contributed by atoms with Gasteiger partial charge in [0, 0.05) is 6.54 Å². The number of rotatable bonds is 6. The molecule has 3 N–H and O–H groups in total. The first-order valence-electron chi connectivity index (χ1n) is 7.72. The molecule has 3 heteroatoms. The summed E-state index contributed by atoms with van der Waals surface area (Å²) in [7, 11) is 0. The summed E-state index contributed by atoms with van der Waals surface area (Å²) in [5.74, 6) is 0.403. The minimum atomic E-state index is -0.516. The van der Waals surface area contributed by atoms with Crippen molar-refractivity contribution in [1.29, 1.82) is 0 Å². The third-order valence-electron chi connectivity index (χ3n) is 3.75. The Morgan fingerprint density at radius 2 is 1.64 bits per heavy atom. The van der Waals surface area contributed by atoms with E-state index in [4.69, 9.17) is 5.73 Å². The predicted molar refractivity (Wildman–Crippen MR) is 90.5 cm³/mol. The van der Waals surface area contributed by atoms with Gasteiger partial charge in [-0.25, -0.2) is 0 Å². The first kappa shape index (κ1) is 16.2. The van der Waals surface area contributed by atoms with Gasteiger partial charge in [0.25, 0.3) is 0 Å². The number of amides is 1. The molecule has 0 heterocycles. The normalized spacial score (nSPS) is 12.2. The van der Waals surface area contributed by atoms with Crippen molar-refractivity contribution in [3.05, 3.63) is 71.3 Å². The molecule has 22 heavy (non-hydrogen) atoms. The van der Waals surface area contributed by atoms with Crippen LogP contribution in [-0.2, 0) is 17.8 Å². The van der Waals surface area contributed by atoms with Crippen molar-refractivity contribution in [1.82, 2.24) is 5.32 Å². The van der Waals surface area contributed by atoms with Gasteiger partial charge in [0.05, 0.1) is 6.04 Å². The van der Waals surface area contributed by atoms with E-state index in [1.807, 2.05) is 30.3 Å². The predicted octanol–water partition coefficient (Wildman–Crippen LogP) is 3.00. The highest BCUT2D eigenvalue weighted by Crippen LogP contribution is 2.14. The van der Waals surface area contributed by atoms with Gasteiger partial charge in [-0.1, -0.05) is 68.4 Å². The lowest BCUT2D eigenvalue weighted by Gasteiger charge is -2.13. The SMILES string of the molecule is CC(C)c1ccc(CNC(=O)C(N)Cc2ccccc2)cc1. The molecule has 2 aromatic carbocycles. The van der Waals surface area contributed by atoms with Crippen LogP contribution in [0.5, 0.6) is 0 Å². The highest BCUT2D eigenvalue weighted by molar-refractivity contribution is 5.81. The van der Waals surface area contributed by atoms with Gasteiger partial charge < -0.3 is 11.1 Å². The summed E-state index contributed by atoms with van der Waals surface area (Å²) in [6.07, 6.45) is 0.555. The van der Waals surface area contributed by atoms with Crippen LogP contribution in [-0.4, -0.2) is 11.9 Å². The standard InChI is InChI=1S/C19H24N2O/c1-14(2)17-10-8-16(9-11-17)13-21-19(22)18(20)12-15-6-4-3-5-7-15/h3-11,14,18H,12-13,20H2,1-2H3,(H,21,22). The summed E-state index contributed by atoms with van der Waals surface area (Å²) >= 11 is 0. The van der Waals surface area contributed by atoms with Crippen LogP contribution in [0.2, 0.25) is 0 Å². The van der Waals surface area contributed by atoms with Gasteiger partial charge in [-0.3, -0.25) is 4.79 Å². The van der Waals surface area contributed by atoms with E-state index in [1.54, 1.807) is 0 Å². The van der Waals surface area contributed by atoms with Crippen LogP contribution in [0, 0.1) is 0 Å². The van der Waals surface area contributed by atoms with E-state index in [0.29, 0.717) is 18.9 Å². The minimum absolute atomic E-state index is 0.114. The van der Waals surface area contributed by atoms with Crippen LogP contribution in [0.25, 0.3) is 0 Å². The molecule has 2 aromatic rings. The van der Waals surface area contributed by atoms with E-state index in [2.05, 4.69) is 43.4 Å². The molecule has 3 nitrogen and oxygen atoms in total. The van der Waals surface area contributed by atoms with Gasteiger partial charge >= 0.3 is 0 Å². The second-order valence-electron chi connectivity index (χ2n) is 5.91. The van der Waals surface area contributed by atoms with Crippen molar-refractivity contribution in [2.24, 2.45) is 5.73 Å². The van der Waals surface area contributed by atoms with E-state index in [9.17, 15) is 4.79 Å². The molecule has 0 aromatic heterocycles. The zero-order valence-electron chi connectivity index (χ0n) is 13.3. The summed E-state index contributed by atoms with van der Waals surface area (Å²) in [6, 6.07) is 17.6. The largest absolute Gasteiger partial charge is 0.351 e. The van der Waals surface area contributed by atoms with Gasteiger partial charge in [-0.05, 0) is 29.0 Å². The van der Waals surface area contributed by atoms with E-state index < -0.39 is 6.04 Å². The Bertz CT molecular complexity index is 591. The third kappa shape index (κ3) is 4.71. The maximum Gasteiger partial charge on any atom is 0.237 e. The highest BCUT2D eigenvalue weighted by Gasteiger charge is 2.13. The van der Waals surface area contributed by atoms with Crippen LogP contribution in [0.15, 0.2) is 54.6 Å². The van der Waals surface area contributed by atoms with E-state index >= 15 is 0 Å². The van der Waals surface area contributed by atoms with E-state index in [-0.39, 0.29) is 5.91 Å². The first-order chi connectivity index (χ1) is 10.6. The van der Waals surface area contributed by atoms with Gasteiger partial charge in [0.15, 0.2) is 0 Å². The molecule has 0 aliphatic carbocycles. The van der Waals surface area contributed by atoms with Gasteiger partial charge in [-0.2, -0.15) is 0 Å². The van der Waals surface area contributed by atoms with Crippen LogP contribution < -0.4 is 11.1 Å². The lowest BCUT2D eigenvalue weighted by molar-refractivity contribution is -0.122. The van der Waals surface area contributed by atoms with Crippen LogP contribution in [0.3, 0.4) is 0 Å². The molecule has 0 saturated heterocycles. The number of carbonyl (C=O) groups is 1. The highest BCUT2D eigenvalue weighted by atomic mass is 16.2. The minimum Gasteiger partial charge on any atom is -0.351 e. The quantitative estimate of drug-likeness (QED) is 0.861. The van der Waals surface area contributed by atoms with Crippen molar-refractivity contribution in [3.63, 3.8) is 0 Å². The Labute approximate surface area is 132 Å². The smallest absolute Gasteiger partial charge is 0.237 e. The number of carbonyl (C=O) groups excluding carboxylic acids is 1. The molecule has 2 rings (SSSR count). The molecule has 0 bridgehead atoms. The number of nitrogens with one attached hydrogen (secondary N) is 1. The van der Waals surface area contributed by atoms with E-state index in [0.717, 1.165) is 11.1 Å². The van der Waals surface area contributed by atoms with Gasteiger partial charge in [0.1, 0.15) is 0 Å². The Balaban J connectivity index is 1.84. The third-order valence-corrected chi connectivity index (χ3v) is 3.75. The van der Waals surface area contributed by atoms with Crippen molar-refractivity contribution >= 4 is 5.91 Å². The monoisotopic (exact) mass is 296 g/mol. The van der Waals surface area contributed by atoms with Crippen molar-refractivity contribution < 1.29 is 4.79 Å². The molecule has 0 saturated carbocycles. The number of hydrogen-bond donors (Lipinski definition) is 2. The van der Waals surface area contributed by atoms with Crippen molar-refractivity contribution in [3.8, 4) is 0 Å². The molecule has 0 fully saturated rings. The molecular formula is C19H24N2O.